The molecule has 2 rings (SSSR count). The van der Waals surface area contributed by atoms with E-state index in [0.29, 0.717) is 12.3 Å². The van der Waals surface area contributed by atoms with Crippen molar-refractivity contribution < 1.29 is 8.42 Å². The fourth-order valence-corrected chi connectivity index (χ4v) is 3.50. The molecule has 1 N–H and O–H groups in total. The molecule has 82 valence electrons. The van der Waals surface area contributed by atoms with E-state index in [0.717, 1.165) is 24.2 Å². The third-order valence-electron chi connectivity index (χ3n) is 3.33. The van der Waals surface area contributed by atoms with Gasteiger partial charge in [0, 0.05) is 6.54 Å². The minimum absolute atomic E-state index is 0.328. The molecule has 0 radical (unpaired) electrons. The van der Waals surface area contributed by atoms with Crippen molar-refractivity contribution >= 4 is 10.0 Å². The molecular formula is C10H19NO2S. The standard InChI is InChI=1S/C10H19NO2S/c1-2-11-14(12,13)6-5-9-7-10(9)8-3-4-8/h8-11H,2-7H2,1H3/t9-,10+/m1/s1. The molecule has 4 heteroatoms. The zero-order valence-corrected chi connectivity index (χ0v) is 9.52. The lowest BCUT2D eigenvalue weighted by Crippen LogP contribution is -2.26. The number of nitrogens with one attached hydrogen (secondary N) is 1. The molecule has 0 aromatic rings. The zero-order valence-electron chi connectivity index (χ0n) is 8.70. The van der Waals surface area contributed by atoms with Crippen LogP contribution in [0, 0.1) is 17.8 Å². The lowest BCUT2D eigenvalue weighted by atomic mass is 10.2. The molecule has 0 bridgehead atoms. The summed E-state index contributed by atoms with van der Waals surface area (Å²) in [4.78, 5) is 0. The van der Waals surface area contributed by atoms with Crippen LogP contribution in [0.2, 0.25) is 0 Å². The molecule has 0 unspecified atom stereocenters. The second kappa shape index (κ2) is 3.81. The average molecular weight is 217 g/mol. The average Bonchev–Trinajstić information content (AvgIpc) is 2.96. The van der Waals surface area contributed by atoms with Gasteiger partial charge in [-0.1, -0.05) is 6.92 Å². The molecule has 0 aromatic heterocycles. The van der Waals surface area contributed by atoms with Crippen LogP contribution in [0.1, 0.15) is 32.6 Å². The maximum Gasteiger partial charge on any atom is 0.211 e. The van der Waals surface area contributed by atoms with Crippen LogP contribution in [-0.2, 0) is 10.0 Å². The van der Waals surface area contributed by atoms with Crippen LogP contribution < -0.4 is 4.72 Å². The van der Waals surface area contributed by atoms with Gasteiger partial charge in [-0.05, 0) is 43.4 Å². The maximum atomic E-state index is 11.3. The molecule has 0 saturated heterocycles. The minimum Gasteiger partial charge on any atom is -0.216 e. The first-order chi connectivity index (χ1) is 6.62. The highest BCUT2D eigenvalue weighted by atomic mass is 32.2. The highest BCUT2D eigenvalue weighted by Gasteiger charge is 2.46. The molecule has 3 nitrogen and oxygen atoms in total. The van der Waals surface area contributed by atoms with Crippen molar-refractivity contribution in [1.82, 2.24) is 4.72 Å². The molecule has 0 amide bonds. The smallest absolute Gasteiger partial charge is 0.211 e. The second-order valence-corrected chi connectivity index (χ2v) is 6.53. The van der Waals surface area contributed by atoms with Crippen LogP contribution in [0.25, 0.3) is 0 Å². The molecule has 2 saturated carbocycles. The Bertz CT molecular complexity index is 295. The SMILES string of the molecule is CCNS(=O)(=O)CC[C@@H]1C[C@H]1C1CC1. The second-order valence-electron chi connectivity index (χ2n) is 4.60. The van der Waals surface area contributed by atoms with Gasteiger partial charge in [0.05, 0.1) is 5.75 Å². The van der Waals surface area contributed by atoms with E-state index in [9.17, 15) is 8.42 Å². The Hall–Kier alpha value is -0.0900. The van der Waals surface area contributed by atoms with Crippen molar-refractivity contribution in [2.75, 3.05) is 12.3 Å². The lowest BCUT2D eigenvalue weighted by molar-refractivity contribution is 0.568. The summed E-state index contributed by atoms with van der Waals surface area (Å²) in [7, 11) is -2.97. The Morgan fingerprint density at radius 3 is 2.64 bits per heavy atom. The van der Waals surface area contributed by atoms with E-state index in [4.69, 9.17) is 0 Å². The number of sulfonamides is 1. The Kier molecular flexibility index (Phi) is 2.84. The largest absolute Gasteiger partial charge is 0.216 e. The summed E-state index contributed by atoms with van der Waals surface area (Å²) in [5.41, 5.74) is 0. The predicted octanol–water partition coefficient (Wildman–Crippen LogP) is 1.36. The van der Waals surface area contributed by atoms with E-state index in [2.05, 4.69) is 4.72 Å². The molecule has 0 spiro atoms. The van der Waals surface area contributed by atoms with Crippen molar-refractivity contribution in [2.45, 2.75) is 32.6 Å². The molecule has 2 aliphatic rings. The van der Waals surface area contributed by atoms with E-state index in [1.807, 2.05) is 6.92 Å². The fraction of sp³-hybridized carbons (Fsp3) is 1.00. The molecule has 14 heavy (non-hydrogen) atoms. The first-order valence-electron chi connectivity index (χ1n) is 5.59. The molecule has 0 heterocycles. The summed E-state index contributed by atoms with van der Waals surface area (Å²) >= 11 is 0. The van der Waals surface area contributed by atoms with Crippen molar-refractivity contribution in [3.63, 3.8) is 0 Å². The zero-order chi connectivity index (χ0) is 10.2. The summed E-state index contributed by atoms with van der Waals surface area (Å²) in [5.74, 6) is 2.89. The summed E-state index contributed by atoms with van der Waals surface area (Å²) in [6.07, 6.45) is 4.94. The maximum absolute atomic E-state index is 11.3. The normalized spacial score (nSPS) is 31.8. The van der Waals surface area contributed by atoms with Gasteiger partial charge in [-0.25, -0.2) is 13.1 Å². The Balaban J connectivity index is 1.67. The quantitative estimate of drug-likeness (QED) is 0.730. The lowest BCUT2D eigenvalue weighted by Gasteiger charge is -2.03. The summed E-state index contributed by atoms with van der Waals surface area (Å²) < 4.78 is 25.2. The highest BCUT2D eigenvalue weighted by molar-refractivity contribution is 7.89. The predicted molar refractivity (Wildman–Crippen MR) is 56.4 cm³/mol. The van der Waals surface area contributed by atoms with Gasteiger partial charge in [0.25, 0.3) is 0 Å². The van der Waals surface area contributed by atoms with Gasteiger partial charge in [0.2, 0.25) is 10.0 Å². The van der Waals surface area contributed by atoms with Crippen LogP contribution in [0.5, 0.6) is 0 Å². The van der Waals surface area contributed by atoms with E-state index >= 15 is 0 Å². The third kappa shape index (κ3) is 2.70. The van der Waals surface area contributed by atoms with E-state index in [-0.39, 0.29) is 0 Å². The molecule has 2 atom stereocenters. The van der Waals surface area contributed by atoms with Crippen molar-refractivity contribution in [1.29, 1.82) is 0 Å². The van der Waals surface area contributed by atoms with Crippen molar-refractivity contribution in [3.8, 4) is 0 Å². The van der Waals surface area contributed by atoms with Crippen LogP contribution in [-0.4, -0.2) is 20.7 Å². The fourth-order valence-electron chi connectivity index (χ4n) is 2.30. The first-order valence-corrected chi connectivity index (χ1v) is 7.25. The first kappa shape index (κ1) is 10.4. The van der Waals surface area contributed by atoms with Crippen molar-refractivity contribution in [2.24, 2.45) is 17.8 Å². The Labute approximate surface area is 86.3 Å². The van der Waals surface area contributed by atoms with Crippen LogP contribution in [0.15, 0.2) is 0 Å². The molecule has 0 aliphatic heterocycles. The summed E-state index contributed by atoms with van der Waals surface area (Å²) in [6, 6.07) is 0. The molecular weight excluding hydrogens is 198 g/mol. The van der Waals surface area contributed by atoms with Gasteiger partial charge in [-0.2, -0.15) is 0 Å². The minimum atomic E-state index is -2.97. The molecule has 2 fully saturated rings. The third-order valence-corrected chi connectivity index (χ3v) is 4.83. The summed E-state index contributed by atoms with van der Waals surface area (Å²) in [5, 5.41) is 0. The van der Waals surface area contributed by atoms with E-state index in [1.165, 1.54) is 19.3 Å². The Morgan fingerprint density at radius 2 is 2.07 bits per heavy atom. The molecule has 2 aliphatic carbocycles. The summed E-state index contributed by atoms with van der Waals surface area (Å²) in [6.45, 7) is 2.33. The van der Waals surface area contributed by atoms with Gasteiger partial charge < -0.3 is 0 Å². The van der Waals surface area contributed by atoms with Gasteiger partial charge in [0.15, 0.2) is 0 Å². The number of hydrogen-bond donors (Lipinski definition) is 1. The monoisotopic (exact) mass is 217 g/mol. The topological polar surface area (TPSA) is 46.2 Å². The Morgan fingerprint density at radius 1 is 1.36 bits per heavy atom. The van der Waals surface area contributed by atoms with Gasteiger partial charge >= 0.3 is 0 Å². The number of rotatable bonds is 6. The van der Waals surface area contributed by atoms with E-state index in [1.54, 1.807) is 0 Å². The van der Waals surface area contributed by atoms with Crippen LogP contribution in [0.4, 0.5) is 0 Å². The van der Waals surface area contributed by atoms with E-state index < -0.39 is 10.0 Å². The van der Waals surface area contributed by atoms with Crippen LogP contribution >= 0.6 is 0 Å². The van der Waals surface area contributed by atoms with Crippen molar-refractivity contribution in [3.05, 3.63) is 0 Å². The molecule has 0 aromatic carbocycles. The van der Waals surface area contributed by atoms with Gasteiger partial charge in [0.1, 0.15) is 0 Å². The highest BCUT2D eigenvalue weighted by Crippen LogP contribution is 2.55. The van der Waals surface area contributed by atoms with Gasteiger partial charge in [-0.3, -0.25) is 0 Å². The number of hydrogen-bond acceptors (Lipinski definition) is 2. The van der Waals surface area contributed by atoms with Crippen LogP contribution in [0.3, 0.4) is 0 Å². The van der Waals surface area contributed by atoms with Gasteiger partial charge in [-0.15, -0.1) is 0 Å².